The third-order valence-electron chi connectivity index (χ3n) is 2.94. The first-order chi connectivity index (χ1) is 8.31. The first-order valence-corrected chi connectivity index (χ1v) is 6.17. The van der Waals surface area contributed by atoms with E-state index in [1.54, 1.807) is 0 Å². The van der Waals surface area contributed by atoms with E-state index in [-0.39, 0.29) is 6.03 Å². The van der Waals surface area contributed by atoms with Crippen molar-refractivity contribution in [2.45, 2.75) is 26.3 Å². The van der Waals surface area contributed by atoms with Crippen LogP contribution in [0.1, 0.15) is 24.5 Å². The number of rotatable bonds is 3. The molecule has 1 aromatic rings. The van der Waals surface area contributed by atoms with Crippen molar-refractivity contribution in [2.75, 3.05) is 18.4 Å². The highest BCUT2D eigenvalue weighted by Gasteiger charge is 2.12. The van der Waals surface area contributed by atoms with E-state index in [1.807, 2.05) is 6.92 Å². The number of benzene rings is 1. The van der Waals surface area contributed by atoms with E-state index in [0.29, 0.717) is 13.1 Å². The molecule has 0 saturated carbocycles. The van der Waals surface area contributed by atoms with Crippen molar-refractivity contribution >= 4 is 11.7 Å². The summed E-state index contributed by atoms with van der Waals surface area (Å²) in [5, 5.41) is 9.00. The van der Waals surface area contributed by atoms with Gasteiger partial charge in [-0.3, -0.25) is 0 Å². The lowest BCUT2D eigenvalue weighted by molar-refractivity contribution is 0.241. The smallest absolute Gasteiger partial charge is 0.315 e. The number of carbonyl (C=O) groups excluding carboxylic acids is 1. The fourth-order valence-corrected chi connectivity index (χ4v) is 2.13. The second kappa shape index (κ2) is 5.57. The lowest BCUT2D eigenvalue weighted by Gasteiger charge is -2.21. The summed E-state index contributed by atoms with van der Waals surface area (Å²) in [7, 11) is 0. The molecule has 1 aliphatic rings. The predicted molar refractivity (Wildman–Crippen MR) is 69.2 cm³/mol. The van der Waals surface area contributed by atoms with Gasteiger partial charge in [-0.25, -0.2) is 4.79 Å². The maximum atomic E-state index is 11.3. The van der Waals surface area contributed by atoms with Crippen molar-refractivity contribution in [1.82, 2.24) is 10.6 Å². The normalized spacial score (nSPS) is 13.5. The third kappa shape index (κ3) is 2.90. The zero-order valence-corrected chi connectivity index (χ0v) is 10.2. The van der Waals surface area contributed by atoms with Crippen LogP contribution < -0.4 is 16.0 Å². The summed E-state index contributed by atoms with van der Waals surface area (Å²) in [6.45, 7) is 4.15. The molecule has 4 heteroatoms. The first-order valence-electron chi connectivity index (χ1n) is 6.17. The number of amides is 2. The number of fused-ring (bicyclic) bond motifs is 1. The molecular weight excluding hydrogens is 214 g/mol. The molecule has 0 spiro atoms. The van der Waals surface area contributed by atoms with E-state index in [1.165, 1.54) is 17.7 Å². The summed E-state index contributed by atoms with van der Waals surface area (Å²) in [5.41, 5.74) is 3.72. The molecule has 3 N–H and O–H groups in total. The third-order valence-corrected chi connectivity index (χ3v) is 2.94. The fourth-order valence-electron chi connectivity index (χ4n) is 2.13. The van der Waals surface area contributed by atoms with Crippen LogP contribution in [0, 0.1) is 0 Å². The van der Waals surface area contributed by atoms with Crippen LogP contribution >= 0.6 is 0 Å². The Bertz CT molecular complexity index is 404. The van der Waals surface area contributed by atoms with E-state index in [2.05, 4.69) is 34.1 Å². The molecule has 1 aromatic carbocycles. The van der Waals surface area contributed by atoms with Gasteiger partial charge >= 0.3 is 6.03 Å². The standard InChI is InChI=1S/C13H19N3O/c1-2-14-13(17)16-9-11-6-3-5-10-7-4-8-15-12(10)11/h3,5-6,15H,2,4,7-9H2,1H3,(H2,14,16,17). The van der Waals surface area contributed by atoms with Crippen molar-refractivity contribution in [3.05, 3.63) is 29.3 Å². The van der Waals surface area contributed by atoms with E-state index in [9.17, 15) is 4.79 Å². The fraction of sp³-hybridized carbons (Fsp3) is 0.462. The largest absolute Gasteiger partial charge is 0.385 e. The molecule has 2 amide bonds. The number of nitrogens with one attached hydrogen (secondary N) is 3. The highest BCUT2D eigenvalue weighted by Crippen LogP contribution is 2.25. The summed E-state index contributed by atoms with van der Waals surface area (Å²) < 4.78 is 0. The molecule has 0 aliphatic carbocycles. The summed E-state index contributed by atoms with van der Waals surface area (Å²) in [4.78, 5) is 11.3. The Morgan fingerprint density at radius 2 is 2.29 bits per heavy atom. The Balaban J connectivity index is 2.03. The number of para-hydroxylation sites is 1. The second-order valence-electron chi connectivity index (χ2n) is 4.19. The molecule has 4 nitrogen and oxygen atoms in total. The highest BCUT2D eigenvalue weighted by atomic mass is 16.2. The van der Waals surface area contributed by atoms with Gasteiger partial charge in [-0.05, 0) is 30.9 Å². The number of aryl methyl sites for hydroxylation is 1. The minimum Gasteiger partial charge on any atom is -0.385 e. The Kier molecular flexibility index (Phi) is 3.85. The van der Waals surface area contributed by atoms with E-state index in [0.717, 1.165) is 18.5 Å². The number of hydrogen-bond donors (Lipinski definition) is 3. The summed E-state index contributed by atoms with van der Waals surface area (Å²) in [5.74, 6) is 0. The molecule has 2 rings (SSSR count). The van der Waals surface area contributed by atoms with Crippen molar-refractivity contribution in [3.8, 4) is 0 Å². The molecule has 0 aromatic heterocycles. The topological polar surface area (TPSA) is 53.2 Å². The monoisotopic (exact) mass is 233 g/mol. The van der Waals surface area contributed by atoms with E-state index < -0.39 is 0 Å². The van der Waals surface area contributed by atoms with Crippen LogP contribution in [0.2, 0.25) is 0 Å². The van der Waals surface area contributed by atoms with Gasteiger partial charge in [-0.15, -0.1) is 0 Å². The summed E-state index contributed by atoms with van der Waals surface area (Å²) >= 11 is 0. The second-order valence-corrected chi connectivity index (χ2v) is 4.19. The maximum absolute atomic E-state index is 11.3. The first kappa shape index (κ1) is 11.8. The Morgan fingerprint density at radius 1 is 1.41 bits per heavy atom. The minimum absolute atomic E-state index is 0.110. The summed E-state index contributed by atoms with van der Waals surface area (Å²) in [6.07, 6.45) is 2.30. The summed E-state index contributed by atoms with van der Waals surface area (Å²) in [6, 6.07) is 6.15. The Labute approximate surface area is 102 Å². The van der Waals surface area contributed by atoms with Gasteiger partial charge in [0.05, 0.1) is 0 Å². The van der Waals surface area contributed by atoms with Crippen LogP contribution in [0.5, 0.6) is 0 Å². The van der Waals surface area contributed by atoms with Gasteiger partial charge in [-0.2, -0.15) is 0 Å². The van der Waals surface area contributed by atoms with E-state index >= 15 is 0 Å². The number of hydrogen-bond acceptors (Lipinski definition) is 2. The van der Waals surface area contributed by atoms with Gasteiger partial charge in [0.15, 0.2) is 0 Å². The van der Waals surface area contributed by atoms with Gasteiger partial charge < -0.3 is 16.0 Å². The molecule has 0 unspecified atom stereocenters. The van der Waals surface area contributed by atoms with Gasteiger partial charge in [0.2, 0.25) is 0 Å². The number of urea groups is 1. The van der Waals surface area contributed by atoms with Crippen LogP contribution in [-0.2, 0) is 13.0 Å². The van der Waals surface area contributed by atoms with Gasteiger partial charge in [0.1, 0.15) is 0 Å². The maximum Gasteiger partial charge on any atom is 0.315 e. The van der Waals surface area contributed by atoms with Crippen LogP contribution in [0.3, 0.4) is 0 Å². The molecule has 0 atom stereocenters. The van der Waals surface area contributed by atoms with Crippen LogP contribution in [-0.4, -0.2) is 19.1 Å². The molecule has 0 saturated heterocycles. The molecule has 92 valence electrons. The SMILES string of the molecule is CCNC(=O)NCc1cccc2c1NCCC2. The lowest BCUT2D eigenvalue weighted by atomic mass is 9.99. The van der Waals surface area contributed by atoms with Crippen molar-refractivity contribution in [1.29, 1.82) is 0 Å². The number of carbonyl (C=O) groups is 1. The molecule has 0 radical (unpaired) electrons. The minimum atomic E-state index is -0.110. The Hall–Kier alpha value is -1.71. The predicted octanol–water partition coefficient (Wildman–Crippen LogP) is 1.86. The van der Waals surface area contributed by atoms with Crippen LogP contribution in [0.15, 0.2) is 18.2 Å². The van der Waals surface area contributed by atoms with E-state index in [4.69, 9.17) is 0 Å². The molecule has 0 bridgehead atoms. The zero-order chi connectivity index (χ0) is 12.1. The number of anilines is 1. The van der Waals surface area contributed by atoms with Crippen LogP contribution in [0.25, 0.3) is 0 Å². The molecular formula is C13H19N3O. The molecule has 1 heterocycles. The van der Waals surface area contributed by atoms with Crippen molar-refractivity contribution < 1.29 is 4.79 Å². The Morgan fingerprint density at radius 3 is 3.12 bits per heavy atom. The quantitative estimate of drug-likeness (QED) is 0.746. The average molecular weight is 233 g/mol. The van der Waals surface area contributed by atoms with Gasteiger partial charge in [0, 0.05) is 25.3 Å². The van der Waals surface area contributed by atoms with Gasteiger partial charge in [-0.1, -0.05) is 18.2 Å². The lowest BCUT2D eigenvalue weighted by Crippen LogP contribution is -2.35. The van der Waals surface area contributed by atoms with Gasteiger partial charge in [0.25, 0.3) is 0 Å². The zero-order valence-electron chi connectivity index (χ0n) is 10.2. The van der Waals surface area contributed by atoms with Crippen molar-refractivity contribution in [2.24, 2.45) is 0 Å². The molecule has 1 aliphatic heterocycles. The highest BCUT2D eigenvalue weighted by molar-refractivity contribution is 5.74. The van der Waals surface area contributed by atoms with Crippen molar-refractivity contribution in [3.63, 3.8) is 0 Å². The average Bonchev–Trinajstić information content (AvgIpc) is 2.36. The van der Waals surface area contributed by atoms with Crippen LogP contribution in [0.4, 0.5) is 10.5 Å². The molecule has 17 heavy (non-hydrogen) atoms. The molecule has 0 fully saturated rings.